The Morgan fingerprint density at radius 1 is 1.12 bits per heavy atom. The summed E-state index contributed by atoms with van der Waals surface area (Å²) in [5.41, 5.74) is 1.19. The van der Waals surface area contributed by atoms with Crippen molar-refractivity contribution in [2.24, 2.45) is 0 Å². The van der Waals surface area contributed by atoms with Crippen molar-refractivity contribution in [1.29, 1.82) is 0 Å². The Balaban J connectivity index is 2.20. The molecule has 0 unspecified atom stereocenters. The van der Waals surface area contributed by atoms with Crippen molar-refractivity contribution >= 4 is 16.8 Å². The van der Waals surface area contributed by atoms with Crippen LogP contribution in [0, 0.1) is 0 Å². The Hall–Kier alpha value is -1.80. The van der Waals surface area contributed by atoms with Gasteiger partial charge < -0.3 is 10.4 Å². The fraction of sp³-hybridized carbons (Fsp3) is 0.200. The molecule has 88 valence electrons. The number of nitrogens with one attached hydrogen (secondary N) is 1. The summed E-state index contributed by atoms with van der Waals surface area (Å²) in [5.74, 6) is 0.315. The maximum atomic E-state index is 9.38. The highest BCUT2D eigenvalue weighted by Gasteiger charge is 1.95. The van der Waals surface area contributed by atoms with Crippen LogP contribution in [0.25, 0.3) is 16.8 Å². The van der Waals surface area contributed by atoms with E-state index in [-0.39, 0.29) is 0 Å². The lowest BCUT2D eigenvalue weighted by molar-refractivity contribution is 0.476. The Kier molecular flexibility index (Phi) is 3.78. The van der Waals surface area contributed by atoms with E-state index in [2.05, 4.69) is 29.6 Å². The molecule has 0 aliphatic heterocycles. The molecule has 0 saturated heterocycles. The molecule has 0 radical (unpaired) electrons. The van der Waals surface area contributed by atoms with Crippen LogP contribution >= 0.6 is 0 Å². The van der Waals surface area contributed by atoms with Crippen LogP contribution in [0.3, 0.4) is 0 Å². The second-order valence-electron chi connectivity index (χ2n) is 4.09. The third kappa shape index (κ3) is 3.08. The molecule has 2 aromatic carbocycles. The van der Waals surface area contributed by atoms with Gasteiger partial charge in [-0.25, -0.2) is 0 Å². The fourth-order valence-corrected chi connectivity index (χ4v) is 1.80. The van der Waals surface area contributed by atoms with Gasteiger partial charge in [-0.3, -0.25) is 0 Å². The summed E-state index contributed by atoms with van der Waals surface area (Å²) < 4.78 is 0. The van der Waals surface area contributed by atoms with E-state index < -0.39 is 0 Å². The number of phenols is 1. The number of hydrogen-bond acceptors (Lipinski definition) is 2. The maximum Gasteiger partial charge on any atom is 0.116 e. The van der Waals surface area contributed by atoms with E-state index in [4.69, 9.17) is 0 Å². The molecule has 17 heavy (non-hydrogen) atoms. The molecule has 0 saturated carbocycles. The van der Waals surface area contributed by atoms with Gasteiger partial charge in [0.2, 0.25) is 0 Å². The van der Waals surface area contributed by atoms with Gasteiger partial charge in [-0.05, 0) is 54.5 Å². The first-order valence-corrected chi connectivity index (χ1v) is 5.83. The Morgan fingerprint density at radius 2 is 1.88 bits per heavy atom. The van der Waals surface area contributed by atoms with E-state index >= 15 is 0 Å². The zero-order chi connectivity index (χ0) is 12.1. The van der Waals surface area contributed by atoms with Crippen LogP contribution in [0.1, 0.15) is 12.0 Å². The summed E-state index contributed by atoms with van der Waals surface area (Å²) >= 11 is 0. The van der Waals surface area contributed by atoms with Crippen molar-refractivity contribution in [3.05, 3.63) is 48.0 Å². The predicted octanol–water partition coefficient (Wildman–Crippen LogP) is 3.17. The van der Waals surface area contributed by atoms with Gasteiger partial charge in [-0.2, -0.15) is 0 Å². The number of benzene rings is 2. The minimum atomic E-state index is 0.315. The molecule has 0 aliphatic carbocycles. The summed E-state index contributed by atoms with van der Waals surface area (Å²) in [6.07, 6.45) is 5.33. The summed E-state index contributed by atoms with van der Waals surface area (Å²) in [6, 6.07) is 11.7. The molecule has 0 spiro atoms. The number of rotatable bonds is 4. The highest BCUT2D eigenvalue weighted by Crippen LogP contribution is 2.21. The van der Waals surface area contributed by atoms with E-state index in [0.717, 1.165) is 23.7 Å². The molecule has 2 heteroatoms. The average Bonchev–Trinajstić information content (AvgIpc) is 2.35. The van der Waals surface area contributed by atoms with Crippen molar-refractivity contribution in [1.82, 2.24) is 5.32 Å². The zero-order valence-corrected chi connectivity index (χ0v) is 9.98. The van der Waals surface area contributed by atoms with Crippen LogP contribution in [-0.4, -0.2) is 18.7 Å². The summed E-state index contributed by atoms with van der Waals surface area (Å²) in [6.45, 7) is 0.998. The first-order valence-electron chi connectivity index (χ1n) is 5.83. The van der Waals surface area contributed by atoms with Crippen LogP contribution in [0.2, 0.25) is 0 Å². The standard InChI is InChI=1S/C15H17NO/c1-16-9-3-2-4-12-5-6-14-11-15(17)8-7-13(14)10-12/h2,4-8,10-11,16-17H,3,9H2,1H3. The van der Waals surface area contributed by atoms with E-state index in [1.165, 1.54) is 5.56 Å². The lowest BCUT2D eigenvalue weighted by Gasteiger charge is -2.00. The van der Waals surface area contributed by atoms with Gasteiger partial charge in [-0.1, -0.05) is 30.4 Å². The van der Waals surface area contributed by atoms with Crippen molar-refractivity contribution in [3.63, 3.8) is 0 Å². The minimum absolute atomic E-state index is 0.315. The molecule has 0 aliphatic rings. The highest BCUT2D eigenvalue weighted by atomic mass is 16.3. The Morgan fingerprint density at radius 3 is 2.71 bits per heavy atom. The molecular weight excluding hydrogens is 210 g/mol. The van der Waals surface area contributed by atoms with E-state index in [0.29, 0.717) is 5.75 Å². The van der Waals surface area contributed by atoms with Crippen LogP contribution in [0.4, 0.5) is 0 Å². The predicted molar refractivity (Wildman–Crippen MR) is 73.2 cm³/mol. The van der Waals surface area contributed by atoms with Gasteiger partial charge in [0, 0.05) is 0 Å². The quantitative estimate of drug-likeness (QED) is 0.786. The number of hydrogen-bond donors (Lipinski definition) is 2. The Bertz CT molecular complexity index is 531. The molecule has 0 fully saturated rings. The second kappa shape index (κ2) is 5.51. The normalized spacial score (nSPS) is 11.4. The summed E-state index contributed by atoms with van der Waals surface area (Å²) in [5, 5.41) is 14.7. The van der Waals surface area contributed by atoms with Crippen LogP contribution in [0.15, 0.2) is 42.5 Å². The van der Waals surface area contributed by atoms with Crippen molar-refractivity contribution < 1.29 is 5.11 Å². The van der Waals surface area contributed by atoms with E-state index in [1.54, 1.807) is 12.1 Å². The summed E-state index contributed by atoms with van der Waals surface area (Å²) in [7, 11) is 1.95. The van der Waals surface area contributed by atoms with Gasteiger partial charge >= 0.3 is 0 Å². The maximum absolute atomic E-state index is 9.38. The van der Waals surface area contributed by atoms with E-state index in [9.17, 15) is 5.11 Å². The van der Waals surface area contributed by atoms with Gasteiger partial charge in [0.05, 0.1) is 0 Å². The van der Waals surface area contributed by atoms with Crippen molar-refractivity contribution in [2.45, 2.75) is 6.42 Å². The first kappa shape index (κ1) is 11.7. The molecule has 0 heterocycles. The molecule has 2 aromatic rings. The average molecular weight is 227 g/mol. The first-order chi connectivity index (χ1) is 8.29. The number of aromatic hydroxyl groups is 1. The molecule has 0 amide bonds. The highest BCUT2D eigenvalue weighted by molar-refractivity contribution is 5.85. The topological polar surface area (TPSA) is 32.3 Å². The molecule has 2 rings (SSSR count). The molecule has 0 bridgehead atoms. The minimum Gasteiger partial charge on any atom is -0.508 e. The van der Waals surface area contributed by atoms with E-state index in [1.807, 2.05) is 19.2 Å². The van der Waals surface area contributed by atoms with Crippen LogP contribution in [0.5, 0.6) is 5.75 Å². The van der Waals surface area contributed by atoms with Gasteiger partial charge in [-0.15, -0.1) is 0 Å². The molecular formula is C15H17NO. The third-order valence-corrected chi connectivity index (χ3v) is 2.72. The molecule has 2 N–H and O–H groups in total. The second-order valence-corrected chi connectivity index (χ2v) is 4.09. The lowest BCUT2D eigenvalue weighted by atomic mass is 10.1. The SMILES string of the molecule is CNCCC=Cc1ccc2cc(O)ccc2c1. The molecule has 2 nitrogen and oxygen atoms in total. The smallest absolute Gasteiger partial charge is 0.116 e. The van der Waals surface area contributed by atoms with Crippen molar-refractivity contribution in [3.8, 4) is 5.75 Å². The summed E-state index contributed by atoms with van der Waals surface area (Å²) in [4.78, 5) is 0. The number of phenolic OH excluding ortho intramolecular Hbond substituents is 1. The van der Waals surface area contributed by atoms with Gasteiger partial charge in [0.15, 0.2) is 0 Å². The largest absolute Gasteiger partial charge is 0.508 e. The molecule has 0 aromatic heterocycles. The van der Waals surface area contributed by atoms with Crippen LogP contribution in [-0.2, 0) is 0 Å². The zero-order valence-electron chi connectivity index (χ0n) is 9.98. The van der Waals surface area contributed by atoms with Crippen LogP contribution < -0.4 is 5.32 Å². The van der Waals surface area contributed by atoms with Gasteiger partial charge in [0.25, 0.3) is 0 Å². The monoisotopic (exact) mass is 227 g/mol. The molecule has 0 atom stereocenters. The Labute approximate surface area is 102 Å². The van der Waals surface area contributed by atoms with Gasteiger partial charge in [0.1, 0.15) is 5.75 Å². The number of fused-ring (bicyclic) bond motifs is 1. The lowest BCUT2D eigenvalue weighted by Crippen LogP contribution is -2.05. The fourth-order valence-electron chi connectivity index (χ4n) is 1.80. The third-order valence-electron chi connectivity index (χ3n) is 2.72. The van der Waals surface area contributed by atoms with Crippen molar-refractivity contribution in [2.75, 3.05) is 13.6 Å².